The van der Waals surface area contributed by atoms with Gasteiger partial charge < -0.3 is 10.2 Å². The van der Waals surface area contributed by atoms with Gasteiger partial charge in [-0.25, -0.2) is 0 Å². The topological polar surface area (TPSA) is 74.6 Å². The molecule has 0 saturated heterocycles. The normalized spacial score (nSPS) is 25.8. The van der Waals surface area contributed by atoms with Crippen molar-refractivity contribution in [3.8, 4) is 0 Å². The van der Waals surface area contributed by atoms with Gasteiger partial charge in [0.1, 0.15) is 0 Å². The highest BCUT2D eigenvalue weighted by Crippen LogP contribution is 2.43. The van der Waals surface area contributed by atoms with Gasteiger partial charge in [-0.15, -0.1) is 0 Å². The van der Waals surface area contributed by atoms with Gasteiger partial charge in [0.25, 0.3) is 0 Å². The third kappa shape index (κ3) is 8.98. The Bertz CT molecular complexity index is 453. The molecule has 3 unspecified atom stereocenters. The van der Waals surface area contributed by atoms with Crippen molar-refractivity contribution in [3.63, 3.8) is 0 Å². The minimum atomic E-state index is -0.744. The summed E-state index contributed by atoms with van der Waals surface area (Å²) in [5, 5.41) is 19.3. The van der Waals surface area contributed by atoms with Gasteiger partial charge in [-0.2, -0.15) is 0 Å². The van der Waals surface area contributed by atoms with Crippen molar-refractivity contribution in [2.24, 2.45) is 11.8 Å². The van der Waals surface area contributed by atoms with Crippen molar-refractivity contribution in [3.05, 3.63) is 12.2 Å². The molecule has 1 aliphatic rings. The summed E-state index contributed by atoms with van der Waals surface area (Å²) in [5.74, 6) is -0.116. The molecule has 1 saturated carbocycles. The maximum Gasteiger partial charge on any atom is 0.303 e. The van der Waals surface area contributed by atoms with E-state index >= 15 is 0 Å². The molecular formula is C22H38O4. The van der Waals surface area contributed by atoms with Crippen molar-refractivity contribution < 1.29 is 19.8 Å². The summed E-state index contributed by atoms with van der Waals surface area (Å²) in [5.41, 5.74) is -0.676. The van der Waals surface area contributed by atoms with Crippen molar-refractivity contribution in [2.75, 3.05) is 0 Å². The molecular weight excluding hydrogens is 328 g/mol. The fraction of sp³-hybridized carbons (Fsp3) is 0.818. The summed E-state index contributed by atoms with van der Waals surface area (Å²) in [7, 11) is 0. The van der Waals surface area contributed by atoms with Crippen LogP contribution in [0.15, 0.2) is 12.2 Å². The second kappa shape index (κ2) is 12.3. The molecule has 0 radical (unpaired) electrons. The van der Waals surface area contributed by atoms with E-state index in [1.165, 1.54) is 19.3 Å². The quantitative estimate of drug-likeness (QED) is 0.324. The Morgan fingerprint density at radius 2 is 1.69 bits per heavy atom. The maximum atomic E-state index is 12.1. The number of carboxylic acid groups (broad SMARTS) is 1. The molecule has 1 rings (SSSR count). The van der Waals surface area contributed by atoms with Crippen molar-refractivity contribution in [1.82, 2.24) is 0 Å². The van der Waals surface area contributed by atoms with Gasteiger partial charge in [-0.3, -0.25) is 9.59 Å². The largest absolute Gasteiger partial charge is 0.481 e. The van der Waals surface area contributed by atoms with Gasteiger partial charge in [0.15, 0.2) is 5.78 Å². The molecule has 26 heavy (non-hydrogen) atoms. The van der Waals surface area contributed by atoms with Crippen LogP contribution in [0.2, 0.25) is 0 Å². The fourth-order valence-corrected chi connectivity index (χ4v) is 4.10. The van der Waals surface area contributed by atoms with Gasteiger partial charge in [0.2, 0.25) is 0 Å². The Morgan fingerprint density at radius 1 is 1.04 bits per heavy atom. The van der Waals surface area contributed by atoms with E-state index < -0.39 is 11.6 Å². The van der Waals surface area contributed by atoms with E-state index in [1.807, 2.05) is 13.0 Å². The predicted octanol–water partition coefficient (Wildman–Crippen LogP) is 5.28. The van der Waals surface area contributed by atoms with E-state index in [0.717, 1.165) is 44.9 Å². The van der Waals surface area contributed by atoms with Crippen LogP contribution in [0.3, 0.4) is 0 Å². The van der Waals surface area contributed by atoms with E-state index in [9.17, 15) is 14.7 Å². The molecule has 0 aromatic rings. The van der Waals surface area contributed by atoms with Crippen LogP contribution < -0.4 is 0 Å². The lowest BCUT2D eigenvalue weighted by atomic mass is 9.82. The molecule has 0 aromatic heterocycles. The molecule has 0 heterocycles. The van der Waals surface area contributed by atoms with Gasteiger partial charge in [0, 0.05) is 12.8 Å². The van der Waals surface area contributed by atoms with E-state index in [4.69, 9.17) is 5.11 Å². The summed E-state index contributed by atoms with van der Waals surface area (Å²) in [4.78, 5) is 22.6. The van der Waals surface area contributed by atoms with Gasteiger partial charge in [-0.05, 0) is 56.9 Å². The fourth-order valence-electron chi connectivity index (χ4n) is 4.10. The zero-order chi connectivity index (χ0) is 19.4. The van der Waals surface area contributed by atoms with E-state index in [2.05, 4.69) is 6.92 Å². The standard InChI is InChI=1S/C22H38O4/c1-3-4-5-6-8-11-19(23)15-14-18-16-17-22(2,26)20(18)12-9-7-10-13-21(24)25/h14-15,18,20,26H,3-13,16-17H2,1-2H3,(H,24,25). The Morgan fingerprint density at radius 3 is 2.38 bits per heavy atom. The summed E-state index contributed by atoms with van der Waals surface area (Å²) in [6.07, 6.45) is 15.5. The van der Waals surface area contributed by atoms with Crippen LogP contribution >= 0.6 is 0 Å². The van der Waals surface area contributed by atoms with Crippen LogP contribution in [0.25, 0.3) is 0 Å². The highest BCUT2D eigenvalue weighted by atomic mass is 16.4. The molecule has 0 aliphatic heterocycles. The van der Waals surface area contributed by atoms with E-state index in [1.54, 1.807) is 6.08 Å². The second-order valence-corrected chi connectivity index (χ2v) is 8.15. The van der Waals surface area contributed by atoms with Crippen LogP contribution in [0, 0.1) is 11.8 Å². The summed E-state index contributed by atoms with van der Waals surface area (Å²) in [6.45, 7) is 4.09. The number of hydrogen-bond acceptors (Lipinski definition) is 3. The first-order valence-electron chi connectivity index (χ1n) is 10.5. The van der Waals surface area contributed by atoms with Crippen molar-refractivity contribution in [2.45, 2.75) is 103 Å². The number of ketones is 1. The number of rotatable bonds is 14. The van der Waals surface area contributed by atoms with Gasteiger partial charge in [0.05, 0.1) is 5.60 Å². The van der Waals surface area contributed by atoms with Gasteiger partial charge in [-0.1, -0.05) is 51.5 Å². The summed E-state index contributed by atoms with van der Waals surface area (Å²) >= 11 is 0. The molecule has 0 bridgehead atoms. The van der Waals surface area contributed by atoms with Crippen molar-refractivity contribution >= 4 is 11.8 Å². The van der Waals surface area contributed by atoms with Crippen LogP contribution in [0.4, 0.5) is 0 Å². The smallest absolute Gasteiger partial charge is 0.303 e. The Labute approximate surface area is 159 Å². The summed E-state index contributed by atoms with van der Waals surface area (Å²) < 4.78 is 0. The molecule has 3 atom stereocenters. The number of aliphatic hydroxyl groups is 1. The Kier molecular flexibility index (Phi) is 10.8. The maximum absolute atomic E-state index is 12.1. The zero-order valence-electron chi connectivity index (χ0n) is 16.7. The number of aliphatic carboxylic acids is 1. The number of allylic oxidation sites excluding steroid dienone is 2. The van der Waals surface area contributed by atoms with Crippen molar-refractivity contribution in [1.29, 1.82) is 0 Å². The zero-order valence-corrected chi connectivity index (χ0v) is 16.7. The van der Waals surface area contributed by atoms with Crippen LogP contribution in [-0.2, 0) is 9.59 Å². The lowest BCUT2D eigenvalue weighted by Crippen LogP contribution is -2.31. The van der Waals surface area contributed by atoms with E-state index in [0.29, 0.717) is 12.8 Å². The lowest BCUT2D eigenvalue weighted by Gasteiger charge is -2.28. The van der Waals surface area contributed by atoms with Crippen LogP contribution in [-0.4, -0.2) is 27.6 Å². The number of carboxylic acids is 1. The Hall–Kier alpha value is -1.16. The molecule has 1 fully saturated rings. The number of carbonyl (C=O) groups is 2. The Balaban J connectivity index is 2.37. The number of hydrogen-bond donors (Lipinski definition) is 2. The first-order chi connectivity index (χ1) is 12.4. The highest BCUT2D eigenvalue weighted by Gasteiger charge is 2.42. The highest BCUT2D eigenvalue weighted by molar-refractivity contribution is 5.89. The lowest BCUT2D eigenvalue weighted by molar-refractivity contribution is -0.137. The number of carbonyl (C=O) groups excluding carboxylic acids is 1. The molecule has 1 aliphatic carbocycles. The van der Waals surface area contributed by atoms with E-state index in [-0.39, 0.29) is 24.0 Å². The average Bonchev–Trinajstić information content (AvgIpc) is 2.86. The van der Waals surface area contributed by atoms with Gasteiger partial charge >= 0.3 is 5.97 Å². The average molecular weight is 367 g/mol. The molecule has 150 valence electrons. The molecule has 4 nitrogen and oxygen atoms in total. The predicted molar refractivity (Wildman–Crippen MR) is 105 cm³/mol. The monoisotopic (exact) mass is 366 g/mol. The molecule has 0 spiro atoms. The molecule has 0 aromatic carbocycles. The molecule has 0 amide bonds. The molecule has 4 heteroatoms. The van der Waals surface area contributed by atoms with Crippen LogP contribution in [0.5, 0.6) is 0 Å². The first kappa shape index (κ1) is 22.9. The molecule has 2 N–H and O–H groups in total. The first-order valence-corrected chi connectivity index (χ1v) is 10.5. The number of unbranched alkanes of at least 4 members (excludes halogenated alkanes) is 6. The van der Waals surface area contributed by atoms with Crippen LogP contribution in [0.1, 0.15) is 97.3 Å². The third-order valence-corrected chi connectivity index (χ3v) is 5.76. The minimum absolute atomic E-state index is 0.168. The summed E-state index contributed by atoms with van der Waals surface area (Å²) in [6, 6.07) is 0. The SMILES string of the molecule is CCCCCCCC(=O)C=CC1CCC(C)(O)C1CCCCCC(=O)O. The minimum Gasteiger partial charge on any atom is -0.481 e. The third-order valence-electron chi connectivity index (χ3n) is 5.76. The second-order valence-electron chi connectivity index (χ2n) is 8.15.